The first-order valence-electron chi connectivity index (χ1n) is 3.81. The van der Waals surface area contributed by atoms with Gasteiger partial charge in [-0.25, -0.2) is 4.79 Å². The van der Waals surface area contributed by atoms with Crippen LogP contribution in [0, 0.1) is 0 Å². The zero-order chi connectivity index (χ0) is 8.69. The molecule has 0 aromatic rings. The average molecular weight is 157 g/mol. The van der Waals surface area contributed by atoms with Crippen LogP contribution in [0.25, 0.3) is 0 Å². The minimum atomic E-state index is -0.843. The largest absolute Gasteiger partial charge is 0.465 e. The maximum atomic E-state index is 10.5. The van der Waals surface area contributed by atoms with Crippen LogP contribution in [0.15, 0.2) is 12.2 Å². The van der Waals surface area contributed by atoms with Crippen molar-refractivity contribution in [3.8, 4) is 0 Å². The summed E-state index contributed by atoms with van der Waals surface area (Å²) in [5, 5.41) is 8.62. The molecule has 0 fully saturated rings. The summed E-state index contributed by atoms with van der Waals surface area (Å²) in [5.41, 5.74) is 0. The fourth-order valence-electron chi connectivity index (χ4n) is 0.768. The lowest BCUT2D eigenvalue weighted by molar-refractivity contribution is 0.150. The van der Waals surface area contributed by atoms with Gasteiger partial charge in [0.2, 0.25) is 0 Å². The highest BCUT2D eigenvalue weighted by Gasteiger charge is 2.06. The van der Waals surface area contributed by atoms with Gasteiger partial charge in [-0.05, 0) is 13.3 Å². The Morgan fingerprint density at radius 1 is 1.64 bits per heavy atom. The highest BCUT2D eigenvalue weighted by molar-refractivity contribution is 5.65. The van der Waals surface area contributed by atoms with Gasteiger partial charge in [0.1, 0.15) is 0 Å². The molecule has 64 valence electrons. The van der Waals surface area contributed by atoms with Crippen molar-refractivity contribution in [3.63, 3.8) is 0 Å². The average Bonchev–Trinajstić information content (AvgIpc) is 1.97. The summed E-state index contributed by atoms with van der Waals surface area (Å²) >= 11 is 0. The summed E-state index contributed by atoms with van der Waals surface area (Å²) in [6.45, 7) is 4.96. The second kappa shape index (κ2) is 5.77. The van der Waals surface area contributed by atoms with Gasteiger partial charge in [-0.15, -0.1) is 0 Å². The summed E-state index contributed by atoms with van der Waals surface area (Å²) in [6, 6.07) is 0. The molecule has 0 aliphatic heterocycles. The summed E-state index contributed by atoms with van der Waals surface area (Å²) < 4.78 is 0. The van der Waals surface area contributed by atoms with Gasteiger partial charge in [0, 0.05) is 13.1 Å². The van der Waals surface area contributed by atoms with Gasteiger partial charge in [-0.2, -0.15) is 0 Å². The number of hydrogen-bond donors (Lipinski definition) is 1. The Hall–Kier alpha value is -0.990. The van der Waals surface area contributed by atoms with Crippen LogP contribution in [0.5, 0.6) is 0 Å². The lowest BCUT2D eigenvalue weighted by Gasteiger charge is -2.15. The standard InChI is InChI=1S/C8H15NO2/c1-3-5-7-9(6-4-2)8(10)11/h3,5H,4,6-7H2,1-2H3,(H,10,11). The molecule has 1 N–H and O–H groups in total. The Morgan fingerprint density at radius 3 is 2.64 bits per heavy atom. The van der Waals surface area contributed by atoms with Gasteiger partial charge >= 0.3 is 6.09 Å². The van der Waals surface area contributed by atoms with Gasteiger partial charge in [0.05, 0.1) is 0 Å². The number of amides is 1. The molecule has 0 saturated carbocycles. The number of rotatable bonds is 4. The zero-order valence-electron chi connectivity index (χ0n) is 7.08. The van der Waals surface area contributed by atoms with Crippen LogP contribution in [0.4, 0.5) is 4.79 Å². The van der Waals surface area contributed by atoms with E-state index in [9.17, 15) is 4.79 Å². The number of carbonyl (C=O) groups is 1. The first kappa shape index (κ1) is 10.0. The van der Waals surface area contributed by atoms with Crippen molar-refractivity contribution >= 4 is 6.09 Å². The smallest absolute Gasteiger partial charge is 0.407 e. The van der Waals surface area contributed by atoms with E-state index < -0.39 is 6.09 Å². The van der Waals surface area contributed by atoms with Crippen molar-refractivity contribution in [2.75, 3.05) is 13.1 Å². The molecule has 1 amide bonds. The third-order valence-corrected chi connectivity index (χ3v) is 1.33. The van der Waals surface area contributed by atoms with Crippen molar-refractivity contribution in [1.29, 1.82) is 0 Å². The lowest BCUT2D eigenvalue weighted by atomic mass is 10.4. The Bertz CT molecular complexity index is 143. The molecular formula is C8H15NO2. The highest BCUT2D eigenvalue weighted by atomic mass is 16.4. The fourth-order valence-corrected chi connectivity index (χ4v) is 0.768. The Labute approximate surface area is 67.3 Å². The van der Waals surface area contributed by atoms with E-state index in [0.717, 1.165) is 6.42 Å². The maximum Gasteiger partial charge on any atom is 0.407 e. The summed E-state index contributed by atoms with van der Waals surface area (Å²) in [5.74, 6) is 0. The molecule has 0 aliphatic rings. The van der Waals surface area contributed by atoms with E-state index in [2.05, 4.69) is 0 Å². The first-order valence-corrected chi connectivity index (χ1v) is 3.81. The summed E-state index contributed by atoms with van der Waals surface area (Å²) in [6.07, 6.45) is 3.71. The molecule has 3 nitrogen and oxygen atoms in total. The molecule has 0 bridgehead atoms. The van der Waals surface area contributed by atoms with E-state index in [1.165, 1.54) is 4.90 Å². The zero-order valence-corrected chi connectivity index (χ0v) is 7.08. The number of carboxylic acid groups (broad SMARTS) is 1. The predicted molar refractivity (Wildman–Crippen MR) is 44.7 cm³/mol. The number of nitrogens with zero attached hydrogens (tertiary/aromatic N) is 1. The molecule has 0 rings (SSSR count). The molecule has 0 radical (unpaired) electrons. The van der Waals surface area contributed by atoms with Crippen molar-refractivity contribution in [3.05, 3.63) is 12.2 Å². The third kappa shape index (κ3) is 4.42. The van der Waals surface area contributed by atoms with Crippen LogP contribution in [-0.4, -0.2) is 29.2 Å². The van der Waals surface area contributed by atoms with E-state index in [0.29, 0.717) is 13.1 Å². The van der Waals surface area contributed by atoms with E-state index in [1.54, 1.807) is 0 Å². The Kier molecular flexibility index (Phi) is 5.25. The second-order valence-corrected chi connectivity index (χ2v) is 2.30. The maximum absolute atomic E-state index is 10.5. The second-order valence-electron chi connectivity index (χ2n) is 2.30. The molecule has 0 aromatic carbocycles. The molecule has 0 heterocycles. The Balaban J connectivity index is 3.79. The van der Waals surface area contributed by atoms with E-state index in [-0.39, 0.29) is 0 Å². The fraction of sp³-hybridized carbons (Fsp3) is 0.625. The molecule has 0 atom stereocenters. The van der Waals surface area contributed by atoms with Gasteiger partial charge in [-0.3, -0.25) is 0 Å². The normalized spacial score (nSPS) is 10.4. The minimum Gasteiger partial charge on any atom is -0.465 e. The molecule has 0 unspecified atom stereocenters. The molecule has 0 saturated heterocycles. The van der Waals surface area contributed by atoms with E-state index >= 15 is 0 Å². The first-order chi connectivity index (χ1) is 5.22. The van der Waals surface area contributed by atoms with Crippen molar-refractivity contribution in [2.24, 2.45) is 0 Å². The topological polar surface area (TPSA) is 40.5 Å². The van der Waals surface area contributed by atoms with E-state index in [4.69, 9.17) is 5.11 Å². The SMILES string of the molecule is CC=CCN(CCC)C(=O)O. The monoisotopic (exact) mass is 157 g/mol. The highest BCUT2D eigenvalue weighted by Crippen LogP contribution is 1.92. The van der Waals surface area contributed by atoms with Crippen LogP contribution < -0.4 is 0 Å². The molecule has 0 aliphatic carbocycles. The van der Waals surface area contributed by atoms with Crippen LogP contribution in [0.2, 0.25) is 0 Å². The van der Waals surface area contributed by atoms with Crippen LogP contribution in [0.1, 0.15) is 20.3 Å². The quantitative estimate of drug-likeness (QED) is 0.633. The number of hydrogen-bond acceptors (Lipinski definition) is 1. The molecule has 0 spiro atoms. The van der Waals surface area contributed by atoms with Crippen LogP contribution in [0.3, 0.4) is 0 Å². The molecule has 0 aromatic heterocycles. The van der Waals surface area contributed by atoms with Gasteiger partial charge in [0.25, 0.3) is 0 Å². The predicted octanol–water partition coefficient (Wildman–Crippen LogP) is 1.95. The Morgan fingerprint density at radius 2 is 2.27 bits per heavy atom. The van der Waals surface area contributed by atoms with Gasteiger partial charge in [0.15, 0.2) is 0 Å². The minimum absolute atomic E-state index is 0.500. The van der Waals surface area contributed by atoms with Crippen molar-refractivity contribution in [1.82, 2.24) is 4.90 Å². The van der Waals surface area contributed by atoms with Gasteiger partial charge in [-0.1, -0.05) is 19.1 Å². The van der Waals surface area contributed by atoms with Crippen molar-refractivity contribution < 1.29 is 9.90 Å². The number of allylic oxidation sites excluding steroid dienone is 1. The summed E-state index contributed by atoms with van der Waals surface area (Å²) in [7, 11) is 0. The third-order valence-electron chi connectivity index (χ3n) is 1.33. The van der Waals surface area contributed by atoms with E-state index in [1.807, 2.05) is 26.0 Å². The molecule has 3 heteroatoms. The van der Waals surface area contributed by atoms with Crippen molar-refractivity contribution in [2.45, 2.75) is 20.3 Å². The van der Waals surface area contributed by atoms with Crippen LogP contribution >= 0.6 is 0 Å². The van der Waals surface area contributed by atoms with Gasteiger partial charge < -0.3 is 10.0 Å². The lowest BCUT2D eigenvalue weighted by Crippen LogP contribution is -2.30. The van der Waals surface area contributed by atoms with Crippen LogP contribution in [-0.2, 0) is 0 Å². The molecule has 11 heavy (non-hydrogen) atoms. The summed E-state index contributed by atoms with van der Waals surface area (Å²) in [4.78, 5) is 11.9. The molecular weight excluding hydrogens is 142 g/mol.